The Morgan fingerprint density at radius 3 is 3.09 bits per heavy atom. The van der Waals surface area contributed by atoms with E-state index < -0.39 is 5.97 Å². The van der Waals surface area contributed by atoms with E-state index in [9.17, 15) is 4.79 Å². The molecule has 0 saturated carbocycles. The maximum Gasteiger partial charge on any atom is 0.317 e. The first-order valence-corrected chi connectivity index (χ1v) is 3.59. The number of carboxylic acid groups (broad SMARTS) is 1. The number of rotatable bonds is 2. The van der Waals surface area contributed by atoms with Gasteiger partial charge >= 0.3 is 5.97 Å². The summed E-state index contributed by atoms with van der Waals surface area (Å²) in [4.78, 5) is 12.0. The van der Waals surface area contributed by atoms with E-state index in [2.05, 4.69) is 6.07 Å². The summed E-state index contributed by atoms with van der Waals surface area (Å²) in [6.45, 7) is 0.739. The molecule has 0 aliphatic carbocycles. The van der Waals surface area contributed by atoms with Gasteiger partial charge in [-0.25, -0.2) is 0 Å². The molecule has 0 radical (unpaired) electrons. The topological polar surface area (TPSA) is 64.3 Å². The van der Waals surface area contributed by atoms with Crippen molar-refractivity contribution in [3.8, 4) is 6.07 Å². The number of hydrogen-bond acceptors (Lipinski definition) is 3. The van der Waals surface area contributed by atoms with E-state index in [-0.39, 0.29) is 12.6 Å². The molecule has 0 aromatic heterocycles. The summed E-state index contributed by atoms with van der Waals surface area (Å²) in [6.07, 6.45) is 1.75. The Labute approximate surface area is 65.0 Å². The van der Waals surface area contributed by atoms with Gasteiger partial charge in [-0.05, 0) is 12.8 Å². The van der Waals surface area contributed by atoms with Gasteiger partial charge in [-0.1, -0.05) is 0 Å². The number of carbonyl (C=O) groups is 1. The van der Waals surface area contributed by atoms with E-state index in [0.717, 1.165) is 19.4 Å². The van der Waals surface area contributed by atoms with Crippen LogP contribution in [0.2, 0.25) is 0 Å². The van der Waals surface area contributed by atoms with Crippen LogP contribution < -0.4 is 0 Å². The SMILES string of the molecule is N#C[C@@H]1CCCN1CC(=O)O. The Bertz CT molecular complexity index is 197. The number of carboxylic acids is 1. The summed E-state index contributed by atoms with van der Waals surface area (Å²) >= 11 is 0. The molecule has 0 unspecified atom stereocenters. The largest absolute Gasteiger partial charge is 0.480 e. The Hall–Kier alpha value is -1.08. The second kappa shape index (κ2) is 3.35. The molecule has 60 valence electrons. The lowest BCUT2D eigenvalue weighted by Crippen LogP contribution is -2.33. The number of aliphatic carboxylic acids is 1. The minimum atomic E-state index is -0.854. The molecule has 0 aromatic carbocycles. The monoisotopic (exact) mass is 154 g/mol. The minimum absolute atomic E-state index is 0.00176. The molecule has 1 saturated heterocycles. The van der Waals surface area contributed by atoms with Gasteiger partial charge in [0.2, 0.25) is 0 Å². The molecule has 4 heteroatoms. The van der Waals surface area contributed by atoms with Gasteiger partial charge in [0, 0.05) is 6.54 Å². The summed E-state index contributed by atoms with van der Waals surface area (Å²) in [5.41, 5.74) is 0. The Morgan fingerprint density at radius 2 is 2.55 bits per heavy atom. The van der Waals surface area contributed by atoms with Crippen LogP contribution in [0.25, 0.3) is 0 Å². The molecule has 0 bridgehead atoms. The molecule has 11 heavy (non-hydrogen) atoms. The van der Waals surface area contributed by atoms with Crippen LogP contribution in [0.3, 0.4) is 0 Å². The molecule has 1 rings (SSSR count). The van der Waals surface area contributed by atoms with Crippen LogP contribution in [-0.2, 0) is 4.79 Å². The molecule has 1 aliphatic rings. The second-order valence-corrected chi connectivity index (χ2v) is 2.65. The number of nitrogens with zero attached hydrogens (tertiary/aromatic N) is 2. The quantitative estimate of drug-likeness (QED) is 0.610. The van der Waals surface area contributed by atoms with Crippen molar-refractivity contribution in [2.75, 3.05) is 13.1 Å². The highest BCUT2D eigenvalue weighted by atomic mass is 16.4. The van der Waals surface area contributed by atoms with Crippen molar-refractivity contribution in [3.63, 3.8) is 0 Å². The lowest BCUT2D eigenvalue weighted by Gasteiger charge is -2.15. The number of likely N-dealkylation sites (tertiary alicyclic amines) is 1. The lowest BCUT2D eigenvalue weighted by molar-refractivity contribution is -0.138. The van der Waals surface area contributed by atoms with E-state index in [1.54, 1.807) is 4.90 Å². The molecule has 1 fully saturated rings. The minimum Gasteiger partial charge on any atom is -0.480 e. The van der Waals surface area contributed by atoms with E-state index in [4.69, 9.17) is 10.4 Å². The van der Waals surface area contributed by atoms with Crippen LogP contribution in [0.4, 0.5) is 0 Å². The molecular weight excluding hydrogens is 144 g/mol. The van der Waals surface area contributed by atoms with Gasteiger partial charge in [-0.3, -0.25) is 9.69 Å². The average molecular weight is 154 g/mol. The summed E-state index contributed by atoms with van der Waals surface area (Å²) in [7, 11) is 0. The highest BCUT2D eigenvalue weighted by Crippen LogP contribution is 2.15. The highest BCUT2D eigenvalue weighted by Gasteiger charge is 2.25. The zero-order chi connectivity index (χ0) is 8.27. The Balaban J connectivity index is 2.45. The van der Waals surface area contributed by atoms with Gasteiger partial charge in [0.25, 0.3) is 0 Å². The fourth-order valence-electron chi connectivity index (χ4n) is 1.34. The van der Waals surface area contributed by atoms with Gasteiger partial charge in [0.1, 0.15) is 0 Å². The van der Waals surface area contributed by atoms with Gasteiger partial charge in [-0.2, -0.15) is 5.26 Å². The zero-order valence-corrected chi connectivity index (χ0v) is 6.16. The predicted octanol–water partition coefficient (Wildman–Crippen LogP) is 0.0590. The van der Waals surface area contributed by atoms with E-state index in [1.165, 1.54) is 0 Å². The maximum atomic E-state index is 10.3. The fourth-order valence-corrected chi connectivity index (χ4v) is 1.34. The van der Waals surface area contributed by atoms with Crippen LogP contribution in [-0.4, -0.2) is 35.1 Å². The normalized spacial score (nSPS) is 24.8. The first-order chi connectivity index (χ1) is 5.24. The molecule has 1 heterocycles. The van der Waals surface area contributed by atoms with Gasteiger partial charge < -0.3 is 5.11 Å². The Morgan fingerprint density at radius 1 is 1.82 bits per heavy atom. The van der Waals surface area contributed by atoms with Crippen molar-refractivity contribution in [2.24, 2.45) is 0 Å². The standard InChI is InChI=1S/C7H10N2O2/c8-4-6-2-1-3-9(6)5-7(10)11/h6H,1-3,5H2,(H,10,11)/t6-/m0/s1. The van der Waals surface area contributed by atoms with Gasteiger partial charge in [0.05, 0.1) is 18.7 Å². The summed E-state index contributed by atoms with van der Waals surface area (Å²) in [5.74, 6) is -0.854. The van der Waals surface area contributed by atoms with E-state index in [1.807, 2.05) is 0 Å². The summed E-state index contributed by atoms with van der Waals surface area (Å²) in [5, 5.41) is 17.0. The molecule has 1 N–H and O–H groups in total. The lowest BCUT2D eigenvalue weighted by atomic mass is 10.2. The Kier molecular flexibility index (Phi) is 2.44. The number of nitriles is 1. The van der Waals surface area contributed by atoms with Crippen LogP contribution >= 0.6 is 0 Å². The molecule has 4 nitrogen and oxygen atoms in total. The van der Waals surface area contributed by atoms with E-state index >= 15 is 0 Å². The van der Waals surface area contributed by atoms with Crippen LogP contribution in [0.5, 0.6) is 0 Å². The van der Waals surface area contributed by atoms with Crippen molar-refractivity contribution in [2.45, 2.75) is 18.9 Å². The molecule has 0 amide bonds. The first-order valence-electron chi connectivity index (χ1n) is 3.59. The van der Waals surface area contributed by atoms with Crippen molar-refractivity contribution in [1.82, 2.24) is 4.90 Å². The molecule has 0 aromatic rings. The van der Waals surface area contributed by atoms with Crippen molar-refractivity contribution in [1.29, 1.82) is 5.26 Å². The maximum absolute atomic E-state index is 10.3. The average Bonchev–Trinajstić information content (AvgIpc) is 2.34. The second-order valence-electron chi connectivity index (χ2n) is 2.65. The zero-order valence-electron chi connectivity index (χ0n) is 6.16. The third-order valence-electron chi connectivity index (χ3n) is 1.85. The van der Waals surface area contributed by atoms with Crippen molar-refractivity contribution >= 4 is 5.97 Å². The first kappa shape index (κ1) is 8.02. The van der Waals surface area contributed by atoms with Crippen molar-refractivity contribution in [3.05, 3.63) is 0 Å². The summed E-state index contributed by atoms with van der Waals surface area (Å²) in [6, 6.07) is 1.91. The molecule has 1 atom stereocenters. The molecular formula is C7H10N2O2. The fraction of sp³-hybridized carbons (Fsp3) is 0.714. The summed E-state index contributed by atoms with van der Waals surface area (Å²) < 4.78 is 0. The van der Waals surface area contributed by atoms with Gasteiger partial charge in [-0.15, -0.1) is 0 Å². The predicted molar refractivity (Wildman–Crippen MR) is 37.8 cm³/mol. The van der Waals surface area contributed by atoms with Crippen molar-refractivity contribution < 1.29 is 9.90 Å². The molecule has 0 spiro atoms. The third-order valence-corrected chi connectivity index (χ3v) is 1.85. The highest BCUT2D eigenvalue weighted by molar-refractivity contribution is 5.69. The number of hydrogen-bond donors (Lipinski definition) is 1. The van der Waals surface area contributed by atoms with Gasteiger partial charge in [0.15, 0.2) is 0 Å². The van der Waals surface area contributed by atoms with Crippen LogP contribution in [0.1, 0.15) is 12.8 Å². The third kappa shape index (κ3) is 1.92. The van der Waals surface area contributed by atoms with Crippen LogP contribution in [0, 0.1) is 11.3 Å². The molecule has 1 aliphatic heterocycles. The van der Waals surface area contributed by atoms with E-state index in [0.29, 0.717) is 0 Å². The smallest absolute Gasteiger partial charge is 0.317 e. The van der Waals surface area contributed by atoms with Crippen LogP contribution in [0.15, 0.2) is 0 Å².